The van der Waals surface area contributed by atoms with E-state index in [1.807, 2.05) is 54.6 Å². The third kappa shape index (κ3) is 64.6. The van der Waals surface area contributed by atoms with Crippen molar-refractivity contribution < 1.29 is 147 Å². The van der Waals surface area contributed by atoms with E-state index >= 15 is 0 Å². The number of aliphatic carboxylic acids is 7. The van der Waals surface area contributed by atoms with Gasteiger partial charge in [-0.15, -0.1) is 0 Å². The van der Waals surface area contributed by atoms with Gasteiger partial charge < -0.3 is 83.5 Å². The van der Waals surface area contributed by atoms with Crippen molar-refractivity contribution in [2.45, 2.75) is 212 Å². The van der Waals surface area contributed by atoms with Crippen LogP contribution in [0.4, 0.5) is 5.69 Å². The third-order valence-corrected chi connectivity index (χ3v) is 20.0. The van der Waals surface area contributed by atoms with E-state index < -0.39 is 47.8 Å². The number of nitriles is 7. The summed E-state index contributed by atoms with van der Waals surface area (Å²) >= 11 is 5.74. The van der Waals surface area contributed by atoms with Crippen LogP contribution in [0.1, 0.15) is 260 Å². The van der Waals surface area contributed by atoms with E-state index in [-0.39, 0.29) is 80.1 Å². The summed E-state index contributed by atoms with van der Waals surface area (Å²) in [7, 11) is 0. The van der Waals surface area contributed by atoms with Crippen molar-refractivity contribution in [1.82, 2.24) is 0 Å². The number of carboxylic acid groups (broad SMARTS) is 8. The van der Waals surface area contributed by atoms with Gasteiger partial charge in [-0.1, -0.05) is 179 Å². The van der Waals surface area contributed by atoms with Gasteiger partial charge in [0.25, 0.3) is 0 Å². The predicted octanol–water partition coefficient (Wildman–Crippen LogP) is 19.5. The van der Waals surface area contributed by atoms with Gasteiger partial charge in [0.1, 0.15) is 95.1 Å². The van der Waals surface area contributed by atoms with Gasteiger partial charge in [-0.05, 0) is 217 Å². The number of aromatic carboxylic acids is 1. The standard InChI is InChI=1S/C17H23NO3.C15H11NO3.2C15H19NO3.C13H15NO3.C12H12ClNO3.C12H13NO3.C11H11NO3.Na/c18-14-15-10-7-8-11-16(15)21-13-9-5-3-1-2-4-6-12-17(19)20;16-9-13-3-1-2-4-14(13)19-10-11-5-7-12(8-6-11)15(17)18;1-16-13-8-10-14(11-9-13)19-12-6-4-2-3-5-7-15(17)18;16-12-13-8-5-6-9-14(13)19-11-7-3-1-2-4-10-15(17)18;14-10-11-6-3-4-7-12(11)17-9-5-1-2-8-13(15)16;13-10-4-5-11(9(7-10)8-14)17-6-2-1-3-12(15)16;13-9-10-5-1-2-6-11(10)16-8-4-3-7-12(14)15;12-8-9-4-1-2-5-10(9)15-7-3-6-11(13)14;/h7-8,10-11H,1-6,9,12-13H2,(H,19,20);1-8H,10H2,(H,17,18);8-11H,2-7,12H2,(H,17,18);5-6,8-9H,1-4,7,10-11H2,(H,17,18);3-4,6-7H,1-2,5,8-9H2,(H,15,16);4-5,7H,1-3,6H2,(H,15,16);1-2,5-6H,3-4,7-8H2,(H,14,15);1-2,4-5H,3,6-7H2,(H,13,14);/q;;;;;;;;+1/p-1. The first-order valence-electron chi connectivity index (χ1n) is 46.7. The Morgan fingerprint density at radius 2 is 0.514 bits per heavy atom. The number of halogens is 1. The second-order valence-electron chi connectivity index (χ2n) is 31.1. The summed E-state index contributed by atoms with van der Waals surface area (Å²) in [6.45, 7) is 10.6. The monoisotopic (exact) mass is 2000 g/mol. The summed E-state index contributed by atoms with van der Waals surface area (Å²) in [5, 5.41) is 132. The molecule has 9 rings (SSSR count). The molecule has 0 aliphatic heterocycles. The topological polar surface area (TPSA) is 546 Å². The molecule has 754 valence electrons. The van der Waals surface area contributed by atoms with Crippen molar-refractivity contribution in [1.29, 1.82) is 36.8 Å². The fraction of sp³-hybridized carbons (Fsp3) is 0.364. The number of carbonyl (C=O) groups is 8. The zero-order valence-electron chi connectivity index (χ0n) is 81.0. The second-order valence-corrected chi connectivity index (χ2v) is 31.5. The maximum Gasteiger partial charge on any atom is 1.00 e. The van der Waals surface area contributed by atoms with Crippen LogP contribution in [0.2, 0.25) is 5.02 Å². The third-order valence-electron chi connectivity index (χ3n) is 19.7. The molecule has 32 nitrogen and oxygen atoms in total. The van der Waals surface area contributed by atoms with Crippen molar-refractivity contribution in [2.75, 3.05) is 46.2 Å². The molecule has 0 radical (unpaired) electrons. The van der Waals surface area contributed by atoms with E-state index in [1.165, 1.54) is 18.2 Å². The van der Waals surface area contributed by atoms with Gasteiger partial charge in [0.05, 0.1) is 97.3 Å². The maximum absolute atomic E-state index is 10.7. The minimum Gasteiger partial charge on any atom is -0.550 e. The van der Waals surface area contributed by atoms with Crippen LogP contribution < -0.4 is 72.6 Å². The molecule has 0 amide bonds. The molecule has 7 N–H and O–H groups in total. The number of nitrogens with zero attached hydrogens (tertiary/aromatic N) is 8. The number of benzene rings is 9. The Hall–Kier alpha value is -15.7. The number of unbranched alkanes of at least 4 members (excludes halogenated alkanes) is 18. The summed E-state index contributed by atoms with van der Waals surface area (Å²) in [5.74, 6) is -1.84. The summed E-state index contributed by atoms with van der Waals surface area (Å²) in [4.78, 5) is 85.9. The molecule has 0 unspecified atom stereocenters. The van der Waals surface area contributed by atoms with Crippen LogP contribution in [-0.4, -0.2) is 130 Å². The molecule has 34 heteroatoms. The number of rotatable bonds is 57. The smallest absolute Gasteiger partial charge is 0.550 e. The fourth-order valence-corrected chi connectivity index (χ4v) is 12.4. The predicted molar refractivity (Wildman–Crippen MR) is 531 cm³/mol. The molecule has 9 aromatic carbocycles. The van der Waals surface area contributed by atoms with E-state index in [9.17, 15) is 43.5 Å². The second kappa shape index (κ2) is 83.2. The van der Waals surface area contributed by atoms with Crippen molar-refractivity contribution in [2.24, 2.45) is 0 Å². The number of para-hydroxylation sites is 6. The van der Waals surface area contributed by atoms with Crippen LogP contribution in [-0.2, 0) is 40.2 Å². The zero-order chi connectivity index (χ0) is 105. The molecule has 0 heterocycles. The molecule has 0 saturated heterocycles. The van der Waals surface area contributed by atoms with Gasteiger partial charge in [0.15, 0.2) is 5.69 Å². The maximum atomic E-state index is 10.7. The molecule has 0 atom stereocenters. The summed E-state index contributed by atoms with van der Waals surface area (Å²) in [5.41, 5.74) is 5.18. The molecule has 144 heavy (non-hydrogen) atoms. The van der Waals surface area contributed by atoms with E-state index in [0.29, 0.717) is 181 Å². The van der Waals surface area contributed by atoms with E-state index in [0.717, 1.165) is 133 Å². The molecule has 9 aromatic rings. The molecule has 0 aliphatic rings. The van der Waals surface area contributed by atoms with E-state index in [4.69, 9.17) is 129 Å². The molecule has 0 aromatic heterocycles. The first kappa shape index (κ1) is 126. The Kier molecular flexibility index (Phi) is 73.0. The van der Waals surface area contributed by atoms with Crippen LogP contribution in [0, 0.1) is 85.9 Å². The van der Waals surface area contributed by atoms with Crippen LogP contribution in [0.3, 0.4) is 0 Å². The molecular formula is C110H122ClN8NaO24. The first-order chi connectivity index (χ1) is 69.2. The van der Waals surface area contributed by atoms with Gasteiger partial charge >= 0.3 is 71.3 Å². The van der Waals surface area contributed by atoms with E-state index in [1.54, 1.807) is 158 Å². The van der Waals surface area contributed by atoms with Crippen molar-refractivity contribution in [3.8, 4) is 88.5 Å². The first-order valence-corrected chi connectivity index (χ1v) is 47.1. The molecular weight excluding hydrogens is 1880 g/mol. The van der Waals surface area contributed by atoms with Gasteiger partial charge in [0.2, 0.25) is 0 Å². The van der Waals surface area contributed by atoms with Gasteiger partial charge in [-0.2, -0.15) is 36.8 Å². The number of ether oxygens (including phenoxy) is 8. The van der Waals surface area contributed by atoms with Crippen LogP contribution in [0.5, 0.6) is 46.0 Å². The average Bonchev–Trinajstić information content (AvgIpc) is 0.841. The normalized spacial score (nSPS) is 9.62. The van der Waals surface area contributed by atoms with Crippen molar-refractivity contribution in [3.63, 3.8) is 0 Å². The van der Waals surface area contributed by atoms with Crippen molar-refractivity contribution >= 4 is 65.0 Å². The fourth-order valence-electron chi connectivity index (χ4n) is 12.2. The Balaban J connectivity index is 0.000000823. The van der Waals surface area contributed by atoms with Gasteiger partial charge in [0, 0.05) is 49.5 Å². The molecule has 0 aliphatic carbocycles. The molecule has 0 fully saturated rings. The average molecular weight is 2000 g/mol. The minimum atomic E-state index is -1.04. The Morgan fingerprint density at radius 1 is 0.278 bits per heavy atom. The van der Waals surface area contributed by atoms with Crippen LogP contribution in [0.25, 0.3) is 4.85 Å². The Bertz CT molecular complexity index is 5640. The number of hydrogen-bond acceptors (Lipinski definition) is 24. The summed E-state index contributed by atoms with van der Waals surface area (Å²) < 4.78 is 43.8. The van der Waals surface area contributed by atoms with Crippen LogP contribution >= 0.6 is 11.6 Å². The SMILES string of the molecule is N#Cc1cc(Cl)ccc1OCCCCC(=O)O.N#Cc1ccccc1OCCCC(=O)O.N#Cc1ccccc1OCCCCC(=O)[O-].N#Cc1ccccc1OCCCCCC(=O)O.N#Cc1ccccc1OCCCCCCCC(=O)O.N#Cc1ccccc1OCCCCCCCCCC(=O)O.N#Cc1ccccc1OCc1ccc(C(=O)O)cc1.[C-]#[N+]c1ccc(OCCCCCCCC(=O)O)cc1.[Na+]. The molecule has 0 spiro atoms. The Labute approximate surface area is 868 Å². The zero-order valence-corrected chi connectivity index (χ0v) is 83.8. The van der Waals surface area contributed by atoms with E-state index in [2.05, 4.69) is 29.1 Å². The summed E-state index contributed by atoms with van der Waals surface area (Å²) in [6, 6.07) is 75.1. The van der Waals surface area contributed by atoms with Crippen LogP contribution in [0.15, 0.2) is 212 Å². The quantitative estimate of drug-likeness (QED) is 0.0106. The number of carbonyl (C=O) groups excluding carboxylic acids is 1. The van der Waals surface area contributed by atoms with Gasteiger partial charge in [-0.3, -0.25) is 28.8 Å². The van der Waals surface area contributed by atoms with Crippen molar-refractivity contribution in [3.05, 3.63) is 279 Å². The number of hydrogen-bond donors (Lipinski definition) is 7. The van der Waals surface area contributed by atoms with Gasteiger partial charge in [-0.25, -0.2) is 9.64 Å². The Morgan fingerprint density at radius 3 is 0.799 bits per heavy atom. The number of carboxylic acids is 8. The molecule has 0 saturated carbocycles. The largest absolute Gasteiger partial charge is 1.00 e. The molecule has 0 bridgehead atoms. The minimum absolute atomic E-state index is 0. The summed E-state index contributed by atoms with van der Waals surface area (Å²) in [6.07, 6.45) is 23.1.